The van der Waals surface area contributed by atoms with Crippen LogP contribution in [0.3, 0.4) is 0 Å². The van der Waals surface area contributed by atoms with Gasteiger partial charge in [-0.15, -0.1) is 0 Å². The third-order valence-electron chi connectivity index (χ3n) is 13.0. The number of nitrogens with one attached hydrogen (secondary N) is 3. The van der Waals surface area contributed by atoms with E-state index in [0.717, 1.165) is 101 Å². The van der Waals surface area contributed by atoms with Gasteiger partial charge in [-0.05, 0) is 102 Å². The van der Waals surface area contributed by atoms with Crippen molar-refractivity contribution in [2.24, 2.45) is 11.8 Å². The largest absolute Gasteiger partial charge is 0.391 e. The van der Waals surface area contributed by atoms with Crippen molar-refractivity contribution in [3.8, 4) is 0 Å². The minimum atomic E-state index is -0.954. The van der Waals surface area contributed by atoms with Gasteiger partial charge in [-0.1, -0.05) is 55.0 Å². The Morgan fingerprint density at radius 1 is 0.836 bits per heavy atom. The molecule has 18 heteroatoms. The standard InChI is InChI=1S/C38H46N10O5S.C9H14ClN.C2H6/c1-24-40-32(42-38-39-20-28(23-49)54-38)19-33(41-24)47-16-14-45(15-17-47)22-25-6-10-44(11-7-25)21-26-8-12-46(13-9-26)27-2-3-29-30(18-27)37(53)48(36(29)52)31-4-5-34(50)43-35(31)51;1-8(9(2)11-3)6-4-5-7-10;1-2/h2-3,18-20,23,25-26,31H,4-17,21-22H2,1H3,(H,43,50,51)(H,39,40,41,42);4-7,11H,1-3H3;1-2H3/b;6-4-,7-5+,9-8+;. The smallest absolute Gasteiger partial charge is 0.262 e. The summed E-state index contributed by atoms with van der Waals surface area (Å²) in [5.41, 5.74) is 5.44. The summed E-state index contributed by atoms with van der Waals surface area (Å²) >= 11 is 6.63. The number of aldehydes is 1. The molecule has 5 aliphatic heterocycles. The van der Waals surface area contributed by atoms with Crippen molar-refractivity contribution in [2.45, 2.75) is 79.2 Å². The summed E-state index contributed by atoms with van der Waals surface area (Å²) in [5, 5.41) is 9.17. The van der Waals surface area contributed by atoms with Crippen molar-refractivity contribution >= 4 is 75.3 Å². The lowest BCUT2D eigenvalue weighted by Gasteiger charge is -2.41. The number of halogens is 1. The molecular formula is C49H66ClN11O5S. The number of carbonyl (C=O) groups is 5. The maximum Gasteiger partial charge on any atom is 0.262 e. The summed E-state index contributed by atoms with van der Waals surface area (Å²) < 4.78 is 0. The van der Waals surface area contributed by atoms with E-state index in [1.807, 2.05) is 66.0 Å². The van der Waals surface area contributed by atoms with E-state index in [1.54, 1.807) is 24.4 Å². The van der Waals surface area contributed by atoms with Gasteiger partial charge in [0.25, 0.3) is 11.8 Å². The van der Waals surface area contributed by atoms with Crippen molar-refractivity contribution in [2.75, 3.05) is 87.6 Å². The number of anilines is 4. The molecule has 0 spiro atoms. The second-order valence-corrected chi connectivity index (χ2v) is 18.7. The van der Waals surface area contributed by atoms with E-state index in [-0.39, 0.29) is 18.7 Å². The Morgan fingerprint density at radius 2 is 1.49 bits per heavy atom. The lowest BCUT2D eigenvalue weighted by molar-refractivity contribution is -0.136. The molecular weight excluding hydrogens is 890 g/mol. The molecule has 0 saturated carbocycles. The topological polar surface area (TPSA) is 176 Å². The molecule has 1 atom stereocenters. The first-order valence-corrected chi connectivity index (χ1v) is 24.8. The second-order valence-electron chi connectivity index (χ2n) is 17.3. The van der Waals surface area contributed by atoms with Gasteiger partial charge in [0.2, 0.25) is 11.8 Å². The van der Waals surface area contributed by atoms with Crippen molar-refractivity contribution < 1.29 is 24.0 Å². The van der Waals surface area contributed by atoms with Gasteiger partial charge in [0.1, 0.15) is 23.5 Å². The lowest BCUT2D eigenvalue weighted by Crippen LogP contribution is -2.54. The number of carbonyl (C=O) groups excluding carboxylic acids is 5. The monoisotopic (exact) mass is 955 g/mol. The molecule has 0 radical (unpaired) electrons. The minimum Gasteiger partial charge on any atom is -0.391 e. The van der Waals surface area contributed by atoms with Crippen LogP contribution in [0.25, 0.3) is 0 Å². The Balaban J connectivity index is 0.000000503. The van der Waals surface area contributed by atoms with Crippen molar-refractivity contribution in [1.29, 1.82) is 0 Å². The number of hydrogen-bond acceptors (Lipinski definition) is 15. The zero-order valence-corrected chi connectivity index (χ0v) is 41.3. The number of imide groups is 2. The second kappa shape index (κ2) is 24.5. The van der Waals surface area contributed by atoms with Gasteiger partial charge in [0, 0.05) is 88.8 Å². The maximum absolute atomic E-state index is 13.3. The van der Waals surface area contributed by atoms with E-state index < -0.39 is 23.8 Å². The molecule has 4 fully saturated rings. The number of thiazole rings is 1. The van der Waals surface area contributed by atoms with Gasteiger partial charge in [-0.2, -0.15) is 0 Å². The average molecular weight is 957 g/mol. The van der Waals surface area contributed by atoms with E-state index in [9.17, 15) is 24.0 Å². The van der Waals surface area contributed by atoms with Crippen LogP contribution in [-0.4, -0.2) is 138 Å². The number of aromatic nitrogens is 3. The van der Waals surface area contributed by atoms with E-state index in [4.69, 9.17) is 16.6 Å². The molecule has 2 aromatic heterocycles. The molecule has 4 amide bonds. The SMILES string of the molecule is CC.CN/C(C)=C(C)/C=C\C=C\Cl.Cc1nc(Nc2ncc(C=O)s2)cc(N2CCN(CC3CCN(CC4CCN(c5ccc6c(c5)C(=O)N(C5CCC(=O)NC5=O)C6=O)CC4)CC3)CC2)n1. The molecule has 0 bridgehead atoms. The number of rotatable bonds is 13. The van der Waals surface area contributed by atoms with Crippen LogP contribution in [-0.2, 0) is 9.59 Å². The molecule has 360 valence electrons. The lowest BCUT2D eigenvalue weighted by atomic mass is 9.92. The highest BCUT2D eigenvalue weighted by atomic mass is 35.5. The van der Waals surface area contributed by atoms with Gasteiger partial charge in [-0.3, -0.25) is 39.1 Å². The van der Waals surface area contributed by atoms with E-state index >= 15 is 0 Å². The summed E-state index contributed by atoms with van der Waals surface area (Å²) in [4.78, 5) is 86.4. The van der Waals surface area contributed by atoms with Gasteiger partial charge in [0.05, 0.1) is 22.2 Å². The first-order valence-electron chi connectivity index (χ1n) is 23.6. The van der Waals surface area contributed by atoms with Crippen LogP contribution in [0.2, 0.25) is 0 Å². The van der Waals surface area contributed by atoms with Crippen LogP contribution < -0.4 is 25.8 Å². The molecule has 8 rings (SSSR count). The molecule has 3 aromatic rings. The number of piperidine rings is 3. The molecule has 67 heavy (non-hydrogen) atoms. The molecule has 4 saturated heterocycles. The highest BCUT2D eigenvalue weighted by Gasteiger charge is 2.45. The van der Waals surface area contributed by atoms with E-state index in [2.05, 4.69) is 45.5 Å². The van der Waals surface area contributed by atoms with Crippen LogP contribution in [0, 0.1) is 18.8 Å². The Bertz CT molecular complexity index is 2310. The summed E-state index contributed by atoms with van der Waals surface area (Å²) in [6.07, 6.45) is 12.9. The summed E-state index contributed by atoms with van der Waals surface area (Å²) in [6, 6.07) is 6.42. The van der Waals surface area contributed by atoms with Crippen LogP contribution >= 0.6 is 22.9 Å². The number of aryl methyl sites for hydroxylation is 1. The fraction of sp³-hybridized carbons (Fsp3) is 0.510. The van der Waals surface area contributed by atoms with Gasteiger partial charge in [0.15, 0.2) is 11.4 Å². The number of piperazine rings is 1. The zero-order chi connectivity index (χ0) is 48.0. The van der Waals surface area contributed by atoms with Crippen LogP contribution in [0.15, 0.2) is 65.5 Å². The predicted octanol–water partition coefficient (Wildman–Crippen LogP) is 6.78. The number of amides is 4. The summed E-state index contributed by atoms with van der Waals surface area (Å²) in [7, 11) is 1.91. The normalized spacial score (nSPS) is 20.3. The van der Waals surface area contributed by atoms with Crippen LogP contribution in [0.5, 0.6) is 0 Å². The van der Waals surface area contributed by atoms with Crippen LogP contribution in [0.4, 0.5) is 22.5 Å². The third kappa shape index (κ3) is 13.4. The molecule has 1 unspecified atom stereocenters. The van der Waals surface area contributed by atoms with E-state index in [1.165, 1.54) is 41.0 Å². The molecule has 5 aliphatic rings. The Kier molecular flexibility index (Phi) is 18.6. The number of fused-ring (bicyclic) bond motifs is 1. The number of hydrogen-bond donors (Lipinski definition) is 3. The predicted molar refractivity (Wildman–Crippen MR) is 266 cm³/mol. The minimum absolute atomic E-state index is 0.106. The van der Waals surface area contributed by atoms with Crippen molar-refractivity contribution in [1.82, 2.24) is 40.3 Å². The molecule has 1 aromatic carbocycles. The Labute approximate surface area is 403 Å². The first kappa shape index (κ1) is 50.9. The molecule has 16 nitrogen and oxygen atoms in total. The number of benzene rings is 1. The van der Waals surface area contributed by atoms with Gasteiger partial charge >= 0.3 is 0 Å². The van der Waals surface area contributed by atoms with Gasteiger partial charge < -0.3 is 25.3 Å². The number of likely N-dealkylation sites (tertiary alicyclic amines) is 1. The zero-order valence-electron chi connectivity index (χ0n) is 39.7. The number of allylic oxidation sites excluding steroid dienone is 5. The Morgan fingerprint density at radius 3 is 2.12 bits per heavy atom. The van der Waals surface area contributed by atoms with E-state index in [0.29, 0.717) is 44.6 Å². The first-order chi connectivity index (χ1) is 32.4. The van der Waals surface area contributed by atoms with Crippen molar-refractivity contribution in [3.63, 3.8) is 0 Å². The third-order valence-corrected chi connectivity index (χ3v) is 14.0. The molecule has 3 N–H and O–H groups in total. The highest BCUT2D eigenvalue weighted by molar-refractivity contribution is 7.17. The summed E-state index contributed by atoms with van der Waals surface area (Å²) in [5.74, 6) is 1.72. The fourth-order valence-corrected chi connectivity index (χ4v) is 9.84. The highest BCUT2D eigenvalue weighted by Crippen LogP contribution is 2.33. The van der Waals surface area contributed by atoms with Crippen molar-refractivity contribution in [3.05, 3.63) is 87.3 Å². The summed E-state index contributed by atoms with van der Waals surface area (Å²) in [6.45, 7) is 20.1. The maximum atomic E-state index is 13.3. The molecule has 0 aliphatic carbocycles. The van der Waals surface area contributed by atoms with Crippen LogP contribution in [0.1, 0.15) is 102 Å². The number of nitrogens with zero attached hydrogens (tertiary/aromatic N) is 8. The van der Waals surface area contributed by atoms with Gasteiger partial charge in [-0.25, -0.2) is 15.0 Å². The average Bonchev–Trinajstić information content (AvgIpc) is 3.90. The Hall–Kier alpha value is -5.49. The quantitative estimate of drug-likeness (QED) is 0.0928. The fourth-order valence-electron chi connectivity index (χ4n) is 9.12. The molecule has 7 heterocycles.